The first-order valence-corrected chi connectivity index (χ1v) is 6.00. The fourth-order valence-electron chi connectivity index (χ4n) is 2.13. The van der Waals surface area contributed by atoms with Gasteiger partial charge in [-0.05, 0) is 25.7 Å². The van der Waals surface area contributed by atoms with Crippen molar-refractivity contribution in [1.29, 1.82) is 0 Å². The van der Waals surface area contributed by atoms with Gasteiger partial charge in [-0.1, -0.05) is 0 Å². The Morgan fingerprint density at radius 3 is 2.94 bits per heavy atom. The average molecular weight is 223 g/mol. The molecule has 1 aliphatic rings. The van der Waals surface area contributed by atoms with Crippen LogP contribution >= 0.6 is 0 Å². The highest BCUT2D eigenvalue weighted by molar-refractivity contribution is 4.88. The summed E-state index contributed by atoms with van der Waals surface area (Å²) in [5, 5.41) is 3.64. The van der Waals surface area contributed by atoms with Crippen LogP contribution in [0.4, 0.5) is 0 Å². The lowest BCUT2D eigenvalue weighted by Crippen LogP contribution is -2.42. The first-order chi connectivity index (χ1) is 7.79. The van der Waals surface area contributed by atoms with Gasteiger partial charge >= 0.3 is 0 Å². The van der Waals surface area contributed by atoms with Crippen molar-refractivity contribution in [3.05, 3.63) is 18.7 Å². The van der Waals surface area contributed by atoms with Crippen molar-refractivity contribution >= 4 is 0 Å². The molecule has 0 aliphatic heterocycles. The van der Waals surface area contributed by atoms with E-state index in [9.17, 15) is 0 Å². The zero-order chi connectivity index (χ0) is 11.4. The number of ether oxygens (including phenoxy) is 1. The summed E-state index contributed by atoms with van der Waals surface area (Å²) in [6.07, 6.45) is 8.37. The second kappa shape index (κ2) is 5.46. The summed E-state index contributed by atoms with van der Waals surface area (Å²) in [6, 6.07) is 0.971. The van der Waals surface area contributed by atoms with Crippen LogP contribution in [0.1, 0.15) is 19.8 Å². The van der Waals surface area contributed by atoms with Gasteiger partial charge < -0.3 is 14.6 Å². The monoisotopic (exact) mass is 223 g/mol. The van der Waals surface area contributed by atoms with Gasteiger partial charge in [0.05, 0.1) is 12.9 Å². The van der Waals surface area contributed by atoms with Gasteiger partial charge in [-0.15, -0.1) is 0 Å². The quantitative estimate of drug-likeness (QED) is 0.757. The molecule has 1 aliphatic carbocycles. The standard InChI is InChI=1S/C12H21N3O/c1-10(7-15-6-5-13-9-15)14-12(8-16-2)11-3-4-11/h5-6,9-12,14H,3-4,7-8H2,1-2H3. The van der Waals surface area contributed by atoms with Gasteiger partial charge in [0.25, 0.3) is 0 Å². The lowest BCUT2D eigenvalue weighted by Gasteiger charge is -2.22. The minimum absolute atomic E-state index is 0.454. The van der Waals surface area contributed by atoms with Crippen molar-refractivity contribution in [3.63, 3.8) is 0 Å². The Balaban J connectivity index is 1.78. The molecule has 2 unspecified atom stereocenters. The van der Waals surface area contributed by atoms with E-state index in [1.54, 1.807) is 7.11 Å². The maximum absolute atomic E-state index is 5.26. The van der Waals surface area contributed by atoms with Gasteiger partial charge in [-0.3, -0.25) is 0 Å². The van der Waals surface area contributed by atoms with Gasteiger partial charge in [0, 0.05) is 38.1 Å². The van der Waals surface area contributed by atoms with Crippen LogP contribution in [0, 0.1) is 5.92 Å². The Labute approximate surface area is 97.0 Å². The zero-order valence-electron chi connectivity index (χ0n) is 10.1. The van der Waals surface area contributed by atoms with Gasteiger partial charge in [0.15, 0.2) is 0 Å². The van der Waals surface area contributed by atoms with E-state index in [4.69, 9.17) is 4.74 Å². The smallest absolute Gasteiger partial charge is 0.0946 e. The van der Waals surface area contributed by atoms with E-state index in [-0.39, 0.29) is 0 Å². The molecule has 2 atom stereocenters. The molecule has 1 N–H and O–H groups in total. The Kier molecular flexibility index (Phi) is 3.96. The van der Waals surface area contributed by atoms with E-state index in [1.165, 1.54) is 12.8 Å². The summed E-state index contributed by atoms with van der Waals surface area (Å²) in [5.41, 5.74) is 0. The number of nitrogens with one attached hydrogen (secondary N) is 1. The summed E-state index contributed by atoms with van der Waals surface area (Å²) < 4.78 is 7.37. The molecule has 0 spiro atoms. The number of hydrogen-bond donors (Lipinski definition) is 1. The van der Waals surface area contributed by atoms with Crippen molar-refractivity contribution < 1.29 is 4.74 Å². The third kappa shape index (κ3) is 3.32. The van der Waals surface area contributed by atoms with Crippen molar-refractivity contribution in [3.8, 4) is 0 Å². The summed E-state index contributed by atoms with van der Waals surface area (Å²) in [7, 11) is 1.78. The molecule has 1 aromatic rings. The Bertz CT molecular complexity index is 295. The van der Waals surface area contributed by atoms with Crippen LogP contribution in [0.2, 0.25) is 0 Å². The van der Waals surface area contributed by atoms with Crippen LogP contribution in [0.25, 0.3) is 0 Å². The number of aromatic nitrogens is 2. The molecule has 90 valence electrons. The number of imidazole rings is 1. The first kappa shape index (κ1) is 11.6. The predicted molar refractivity (Wildman–Crippen MR) is 63.2 cm³/mol. The van der Waals surface area contributed by atoms with Crippen molar-refractivity contribution in [2.24, 2.45) is 5.92 Å². The highest BCUT2D eigenvalue weighted by Crippen LogP contribution is 2.32. The fourth-order valence-corrected chi connectivity index (χ4v) is 2.13. The molecule has 1 aromatic heterocycles. The number of methoxy groups -OCH3 is 1. The number of nitrogens with zero attached hydrogens (tertiary/aromatic N) is 2. The van der Waals surface area contributed by atoms with E-state index >= 15 is 0 Å². The second-order valence-electron chi connectivity index (χ2n) is 4.73. The molecule has 1 heterocycles. The second-order valence-corrected chi connectivity index (χ2v) is 4.73. The Morgan fingerprint density at radius 2 is 2.38 bits per heavy atom. The highest BCUT2D eigenvalue weighted by Gasteiger charge is 2.31. The van der Waals surface area contributed by atoms with Crippen LogP contribution in [-0.4, -0.2) is 35.4 Å². The maximum atomic E-state index is 5.26. The molecule has 0 amide bonds. The first-order valence-electron chi connectivity index (χ1n) is 6.00. The highest BCUT2D eigenvalue weighted by atomic mass is 16.5. The van der Waals surface area contributed by atoms with Crippen molar-refractivity contribution in [2.75, 3.05) is 13.7 Å². The Morgan fingerprint density at radius 1 is 1.56 bits per heavy atom. The van der Waals surface area contributed by atoms with E-state index in [0.717, 1.165) is 19.1 Å². The SMILES string of the molecule is COCC(NC(C)Cn1ccnc1)C1CC1. The minimum atomic E-state index is 0.454. The third-order valence-electron chi connectivity index (χ3n) is 3.08. The molecule has 1 saturated carbocycles. The predicted octanol–water partition coefficient (Wildman–Crippen LogP) is 1.29. The third-order valence-corrected chi connectivity index (χ3v) is 3.08. The minimum Gasteiger partial charge on any atom is -0.383 e. The van der Waals surface area contributed by atoms with Crippen LogP contribution < -0.4 is 5.32 Å². The largest absolute Gasteiger partial charge is 0.383 e. The van der Waals surface area contributed by atoms with Gasteiger partial charge in [0.1, 0.15) is 0 Å². The van der Waals surface area contributed by atoms with E-state index in [0.29, 0.717) is 12.1 Å². The van der Waals surface area contributed by atoms with E-state index < -0.39 is 0 Å². The van der Waals surface area contributed by atoms with Crippen LogP contribution in [0.15, 0.2) is 18.7 Å². The van der Waals surface area contributed by atoms with Gasteiger partial charge in [-0.25, -0.2) is 4.98 Å². The van der Waals surface area contributed by atoms with Crippen LogP contribution in [0.3, 0.4) is 0 Å². The lowest BCUT2D eigenvalue weighted by molar-refractivity contribution is 0.150. The van der Waals surface area contributed by atoms with Gasteiger partial charge in [0.2, 0.25) is 0 Å². The molecule has 4 heteroatoms. The molecule has 0 bridgehead atoms. The Hall–Kier alpha value is -0.870. The van der Waals surface area contributed by atoms with Crippen LogP contribution in [-0.2, 0) is 11.3 Å². The molecular weight excluding hydrogens is 202 g/mol. The fraction of sp³-hybridized carbons (Fsp3) is 0.750. The molecule has 4 nitrogen and oxygen atoms in total. The van der Waals surface area contributed by atoms with Crippen molar-refractivity contribution in [2.45, 2.75) is 38.4 Å². The summed E-state index contributed by atoms with van der Waals surface area (Å²) in [4.78, 5) is 4.05. The van der Waals surface area contributed by atoms with E-state index in [2.05, 4.69) is 21.8 Å². The van der Waals surface area contributed by atoms with E-state index in [1.807, 2.05) is 18.7 Å². The van der Waals surface area contributed by atoms with Crippen molar-refractivity contribution in [1.82, 2.24) is 14.9 Å². The maximum Gasteiger partial charge on any atom is 0.0946 e. The molecule has 0 aromatic carbocycles. The molecule has 0 saturated heterocycles. The normalized spacial score (nSPS) is 19.6. The summed E-state index contributed by atoms with van der Waals surface area (Å²) >= 11 is 0. The van der Waals surface area contributed by atoms with Gasteiger partial charge in [-0.2, -0.15) is 0 Å². The molecule has 16 heavy (non-hydrogen) atoms. The number of rotatable bonds is 7. The molecule has 1 fully saturated rings. The molecular formula is C12H21N3O. The lowest BCUT2D eigenvalue weighted by atomic mass is 10.1. The number of hydrogen-bond acceptors (Lipinski definition) is 3. The molecule has 2 rings (SSSR count). The molecule has 0 radical (unpaired) electrons. The zero-order valence-corrected chi connectivity index (χ0v) is 10.1. The summed E-state index contributed by atoms with van der Waals surface area (Å²) in [6.45, 7) is 4.00. The topological polar surface area (TPSA) is 39.1 Å². The van der Waals surface area contributed by atoms with Crippen LogP contribution in [0.5, 0.6) is 0 Å². The summed E-state index contributed by atoms with van der Waals surface area (Å²) in [5.74, 6) is 0.824. The average Bonchev–Trinajstić information content (AvgIpc) is 2.98.